The molecule has 0 fully saturated rings. The highest BCUT2D eigenvalue weighted by molar-refractivity contribution is 8.00. The smallest absolute Gasteiger partial charge is 0.234 e. The number of carbonyl (C=O) groups is 2. The quantitative estimate of drug-likeness (QED) is 0.746. The van der Waals surface area contributed by atoms with E-state index in [2.05, 4.69) is 10.6 Å². The van der Waals surface area contributed by atoms with E-state index in [1.54, 1.807) is 11.3 Å². The van der Waals surface area contributed by atoms with Gasteiger partial charge in [0.25, 0.3) is 0 Å². The van der Waals surface area contributed by atoms with Crippen molar-refractivity contribution in [3.63, 3.8) is 0 Å². The van der Waals surface area contributed by atoms with Crippen molar-refractivity contribution < 1.29 is 9.59 Å². The topological polar surface area (TPSA) is 58.2 Å². The second kappa shape index (κ2) is 9.49. The van der Waals surface area contributed by atoms with Gasteiger partial charge in [-0.05, 0) is 36.9 Å². The molecule has 1 unspecified atom stereocenters. The zero-order valence-electron chi connectivity index (χ0n) is 13.9. The predicted molar refractivity (Wildman–Crippen MR) is 103 cm³/mol. The Morgan fingerprint density at radius 2 is 1.83 bits per heavy atom. The largest absolute Gasteiger partial charge is 0.348 e. The molecule has 2 aromatic rings. The van der Waals surface area contributed by atoms with Crippen molar-refractivity contribution in [1.82, 2.24) is 5.32 Å². The van der Waals surface area contributed by atoms with Gasteiger partial charge in [-0.3, -0.25) is 9.59 Å². The van der Waals surface area contributed by atoms with Crippen LogP contribution in [0.3, 0.4) is 0 Å². The van der Waals surface area contributed by atoms with Crippen LogP contribution < -0.4 is 10.6 Å². The van der Waals surface area contributed by atoms with Crippen LogP contribution in [0.1, 0.15) is 29.8 Å². The van der Waals surface area contributed by atoms with Crippen molar-refractivity contribution in [2.75, 3.05) is 16.8 Å². The van der Waals surface area contributed by atoms with E-state index in [9.17, 15) is 9.59 Å². The SMILES string of the molecule is CCC(NC(=O)CSCC(=O)Nc1ccc(C)cc1)c1cccs1. The molecule has 0 spiro atoms. The Labute approximate surface area is 151 Å². The molecule has 0 radical (unpaired) electrons. The molecule has 1 heterocycles. The highest BCUT2D eigenvalue weighted by atomic mass is 32.2. The van der Waals surface area contributed by atoms with Gasteiger partial charge < -0.3 is 10.6 Å². The Morgan fingerprint density at radius 1 is 1.12 bits per heavy atom. The van der Waals surface area contributed by atoms with Crippen LogP contribution in [0, 0.1) is 6.92 Å². The van der Waals surface area contributed by atoms with Crippen LogP contribution in [0.4, 0.5) is 5.69 Å². The van der Waals surface area contributed by atoms with Crippen molar-refractivity contribution in [3.8, 4) is 0 Å². The normalized spacial score (nSPS) is 11.8. The highest BCUT2D eigenvalue weighted by Crippen LogP contribution is 2.21. The monoisotopic (exact) mass is 362 g/mol. The fourth-order valence-corrected chi connectivity index (χ4v) is 3.66. The summed E-state index contributed by atoms with van der Waals surface area (Å²) in [6.07, 6.45) is 0.852. The zero-order valence-corrected chi connectivity index (χ0v) is 15.5. The average molecular weight is 363 g/mol. The van der Waals surface area contributed by atoms with Crippen molar-refractivity contribution in [1.29, 1.82) is 0 Å². The second-order valence-electron chi connectivity index (χ2n) is 5.45. The fraction of sp³-hybridized carbons (Fsp3) is 0.333. The van der Waals surface area contributed by atoms with Gasteiger partial charge in [-0.1, -0.05) is 30.7 Å². The molecule has 0 aliphatic carbocycles. The van der Waals surface area contributed by atoms with Gasteiger partial charge in [-0.25, -0.2) is 0 Å². The van der Waals surface area contributed by atoms with Gasteiger partial charge in [0.15, 0.2) is 0 Å². The minimum Gasteiger partial charge on any atom is -0.348 e. The van der Waals surface area contributed by atoms with E-state index in [4.69, 9.17) is 0 Å². The molecule has 1 aromatic heterocycles. The number of anilines is 1. The molecule has 2 rings (SSSR count). The summed E-state index contributed by atoms with van der Waals surface area (Å²) in [4.78, 5) is 25.1. The summed E-state index contributed by atoms with van der Waals surface area (Å²) in [6, 6.07) is 11.7. The Morgan fingerprint density at radius 3 is 2.46 bits per heavy atom. The van der Waals surface area contributed by atoms with Crippen LogP contribution in [0.2, 0.25) is 0 Å². The average Bonchev–Trinajstić information content (AvgIpc) is 3.09. The summed E-state index contributed by atoms with van der Waals surface area (Å²) in [5.41, 5.74) is 1.93. The summed E-state index contributed by atoms with van der Waals surface area (Å²) in [6.45, 7) is 4.05. The summed E-state index contributed by atoms with van der Waals surface area (Å²) >= 11 is 2.96. The Bertz CT molecular complexity index is 654. The maximum absolute atomic E-state index is 12.0. The molecule has 0 bridgehead atoms. The Hall–Kier alpha value is -1.79. The number of thiophene rings is 1. The van der Waals surface area contributed by atoms with Crippen molar-refractivity contribution in [2.45, 2.75) is 26.3 Å². The van der Waals surface area contributed by atoms with Crippen LogP contribution in [0.25, 0.3) is 0 Å². The van der Waals surface area contributed by atoms with Crippen LogP contribution in [0.15, 0.2) is 41.8 Å². The van der Waals surface area contributed by atoms with Gasteiger partial charge >= 0.3 is 0 Å². The Kier molecular flexibility index (Phi) is 7.34. The van der Waals surface area contributed by atoms with Crippen molar-refractivity contribution in [2.24, 2.45) is 0 Å². The molecule has 0 saturated carbocycles. The third-order valence-corrected chi connectivity index (χ3v) is 5.35. The van der Waals surface area contributed by atoms with E-state index in [0.717, 1.165) is 22.5 Å². The van der Waals surface area contributed by atoms with Crippen molar-refractivity contribution in [3.05, 3.63) is 52.2 Å². The van der Waals surface area contributed by atoms with E-state index in [1.807, 2.05) is 55.6 Å². The van der Waals surface area contributed by atoms with E-state index in [1.165, 1.54) is 11.8 Å². The first-order valence-electron chi connectivity index (χ1n) is 7.85. The van der Waals surface area contributed by atoms with Gasteiger partial charge in [0.2, 0.25) is 11.8 Å². The third-order valence-electron chi connectivity index (χ3n) is 3.43. The number of carbonyl (C=O) groups excluding carboxylic acids is 2. The summed E-state index contributed by atoms with van der Waals surface area (Å²) in [5, 5.41) is 7.85. The molecule has 0 saturated heterocycles. The first-order valence-corrected chi connectivity index (χ1v) is 9.89. The number of rotatable bonds is 8. The van der Waals surface area contributed by atoms with E-state index in [0.29, 0.717) is 0 Å². The molecule has 24 heavy (non-hydrogen) atoms. The first-order chi connectivity index (χ1) is 11.6. The van der Waals surface area contributed by atoms with Crippen LogP contribution in [0.5, 0.6) is 0 Å². The lowest BCUT2D eigenvalue weighted by atomic mass is 10.2. The number of amides is 2. The van der Waals surface area contributed by atoms with Gasteiger partial charge in [0.1, 0.15) is 0 Å². The highest BCUT2D eigenvalue weighted by Gasteiger charge is 2.14. The van der Waals surface area contributed by atoms with Crippen molar-refractivity contribution >= 4 is 40.6 Å². The number of thioether (sulfide) groups is 1. The van der Waals surface area contributed by atoms with Crippen LogP contribution in [-0.2, 0) is 9.59 Å². The van der Waals surface area contributed by atoms with E-state index >= 15 is 0 Å². The lowest BCUT2D eigenvalue weighted by Crippen LogP contribution is -2.29. The standard InChI is InChI=1S/C18H22N2O2S2/c1-3-15(16-5-4-10-24-16)20-18(22)12-23-11-17(21)19-14-8-6-13(2)7-9-14/h4-10,15H,3,11-12H2,1-2H3,(H,19,21)(H,20,22). The molecule has 6 heteroatoms. The number of aryl methyl sites for hydroxylation is 1. The van der Waals surface area contributed by atoms with Gasteiger partial charge in [-0.15, -0.1) is 23.1 Å². The number of hydrogen-bond acceptors (Lipinski definition) is 4. The summed E-state index contributed by atoms with van der Waals surface area (Å²) < 4.78 is 0. The molecule has 0 aliphatic heterocycles. The molecule has 2 N–H and O–H groups in total. The van der Waals surface area contributed by atoms with Gasteiger partial charge in [0.05, 0.1) is 17.5 Å². The molecular formula is C18H22N2O2S2. The Balaban J connectivity index is 1.70. The minimum absolute atomic E-state index is 0.0385. The molecule has 1 aromatic carbocycles. The molecule has 0 aliphatic rings. The predicted octanol–water partition coefficient (Wildman–Crippen LogP) is 4.00. The van der Waals surface area contributed by atoms with E-state index in [-0.39, 0.29) is 29.4 Å². The maximum atomic E-state index is 12.0. The molecule has 128 valence electrons. The second-order valence-corrected chi connectivity index (χ2v) is 7.42. The minimum atomic E-state index is -0.0954. The van der Waals surface area contributed by atoms with Crippen LogP contribution >= 0.6 is 23.1 Å². The summed E-state index contributed by atoms with van der Waals surface area (Å²) in [5.74, 6) is 0.408. The molecule has 2 amide bonds. The summed E-state index contributed by atoms with van der Waals surface area (Å²) in [7, 11) is 0. The van der Waals surface area contributed by atoms with Crippen LogP contribution in [-0.4, -0.2) is 23.3 Å². The third kappa shape index (κ3) is 6.02. The molecular weight excluding hydrogens is 340 g/mol. The number of benzene rings is 1. The van der Waals surface area contributed by atoms with Gasteiger partial charge in [0, 0.05) is 10.6 Å². The van der Waals surface area contributed by atoms with E-state index < -0.39 is 0 Å². The van der Waals surface area contributed by atoms with Gasteiger partial charge in [-0.2, -0.15) is 0 Å². The number of hydrogen-bond donors (Lipinski definition) is 2. The lowest BCUT2D eigenvalue weighted by molar-refractivity contribution is -0.119. The molecule has 1 atom stereocenters. The fourth-order valence-electron chi connectivity index (χ4n) is 2.17. The maximum Gasteiger partial charge on any atom is 0.234 e. The zero-order chi connectivity index (χ0) is 17.4. The number of nitrogens with one attached hydrogen (secondary N) is 2. The first kappa shape index (κ1) is 18.5. The lowest BCUT2D eigenvalue weighted by Gasteiger charge is -2.15. The molecule has 4 nitrogen and oxygen atoms in total.